The maximum atomic E-state index is 5.81. The number of aryl methyl sites for hydroxylation is 1. The summed E-state index contributed by atoms with van der Waals surface area (Å²) in [5.74, 6) is 1.18. The van der Waals surface area contributed by atoms with Crippen LogP contribution in [-0.4, -0.2) is 9.55 Å². The van der Waals surface area contributed by atoms with E-state index in [0.29, 0.717) is 5.41 Å². The van der Waals surface area contributed by atoms with Crippen LogP contribution in [0.15, 0.2) is 18.2 Å². The summed E-state index contributed by atoms with van der Waals surface area (Å²) in [6, 6.07) is 6.04. The normalized spacial score (nSPS) is 17.5. The molecule has 1 aliphatic rings. The van der Waals surface area contributed by atoms with Gasteiger partial charge in [-0.1, -0.05) is 13.8 Å². The molecule has 0 saturated heterocycles. The third-order valence-corrected chi connectivity index (χ3v) is 3.81. The Morgan fingerprint density at radius 3 is 2.82 bits per heavy atom. The molecule has 0 atom stereocenters. The number of benzene rings is 1. The van der Waals surface area contributed by atoms with E-state index < -0.39 is 0 Å². The van der Waals surface area contributed by atoms with Crippen molar-refractivity contribution < 1.29 is 0 Å². The second kappa shape index (κ2) is 3.49. The molecule has 0 bridgehead atoms. The van der Waals surface area contributed by atoms with Gasteiger partial charge < -0.3 is 10.3 Å². The lowest BCUT2D eigenvalue weighted by Crippen LogP contribution is -2.10. The Morgan fingerprint density at radius 2 is 2.18 bits per heavy atom. The lowest BCUT2D eigenvalue weighted by molar-refractivity contribution is 0.462. The van der Waals surface area contributed by atoms with E-state index in [9.17, 15) is 0 Å². The molecule has 1 aromatic heterocycles. The number of fused-ring (bicyclic) bond motifs is 1. The summed E-state index contributed by atoms with van der Waals surface area (Å²) in [4.78, 5) is 4.69. The minimum Gasteiger partial charge on any atom is -0.399 e. The lowest BCUT2D eigenvalue weighted by atomic mass is 10.1. The van der Waals surface area contributed by atoms with Gasteiger partial charge in [-0.15, -0.1) is 0 Å². The molecule has 0 unspecified atom stereocenters. The largest absolute Gasteiger partial charge is 0.399 e. The number of nitrogens with zero attached hydrogens (tertiary/aromatic N) is 2. The maximum absolute atomic E-state index is 5.81. The second-order valence-corrected chi connectivity index (χ2v) is 5.53. The summed E-state index contributed by atoms with van der Waals surface area (Å²) in [6.07, 6.45) is 3.65. The van der Waals surface area contributed by atoms with Gasteiger partial charge in [0.05, 0.1) is 11.0 Å². The van der Waals surface area contributed by atoms with Gasteiger partial charge in [0.25, 0.3) is 0 Å². The first-order valence-electron chi connectivity index (χ1n) is 6.36. The Balaban J connectivity index is 2.12. The third-order valence-electron chi connectivity index (χ3n) is 3.81. The molecular formula is C14H19N3. The fourth-order valence-corrected chi connectivity index (χ4v) is 2.40. The Morgan fingerprint density at radius 1 is 1.41 bits per heavy atom. The van der Waals surface area contributed by atoms with E-state index in [2.05, 4.69) is 29.5 Å². The summed E-state index contributed by atoms with van der Waals surface area (Å²) in [6.45, 7) is 5.61. The topological polar surface area (TPSA) is 43.8 Å². The highest BCUT2D eigenvalue weighted by molar-refractivity contribution is 5.79. The van der Waals surface area contributed by atoms with Crippen LogP contribution in [-0.2, 0) is 13.0 Å². The summed E-state index contributed by atoms with van der Waals surface area (Å²) in [5.41, 5.74) is 9.37. The SMILES string of the molecule is CCc1nc2cc(N)ccc2n1CC1(C)CC1. The monoisotopic (exact) mass is 229 g/mol. The van der Waals surface area contributed by atoms with E-state index in [0.717, 1.165) is 24.2 Å². The average Bonchev–Trinajstić information content (AvgIpc) is 2.92. The van der Waals surface area contributed by atoms with Crippen molar-refractivity contribution in [2.24, 2.45) is 5.41 Å². The molecule has 2 N–H and O–H groups in total. The first-order chi connectivity index (χ1) is 8.11. The molecular weight excluding hydrogens is 210 g/mol. The van der Waals surface area contributed by atoms with Gasteiger partial charge in [0.1, 0.15) is 5.82 Å². The molecule has 0 spiro atoms. The van der Waals surface area contributed by atoms with E-state index in [1.807, 2.05) is 12.1 Å². The van der Waals surface area contributed by atoms with Crippen molar-refractivity contribution in [1.29, 1.82) is 0 Å². The van der Waals surface area contributed by atoms with Gasteiger partial charge in [-0.25, -0.2) is 4.98 Å². The molecule has 90 valence electrons. The van der Waals surface area contributed by atoms with Crippen LogP contribution in [0.3, 0.4) is 0 Å². The Kier molecular flexibility index (Phi) is 2.18. The average molecular weight is 229 g/mol. The number of imidazole rings is 1. The van der Waals surface area contributed by atoms with Crippen molar-refractivity contribution in [3.8, 4) is 0 Å². The molecule has 1 fully saturated rings. The van der Waals surface area contributed by atoms with Crippen LogP contribution in [0.2, 0.25) is 0 Å². The highest BCUT2D eigenvalue weighted by atomic mass is 15.1. The maximum Gasteiger partial charge on any atom is 0.109 e. The Hall–Kier alpha value is -1.51. The number of nitrogens with two attached hydrogens (primary N) is 1. The first-order valence-corrected chi connectivity index (χ1v) is 6.36. The number of hydrogen-bond donors (Lipinski definition) is 1. The molecule has 3 rings (SSSR count). The van der Waals surface area contributed by atoms with Crippen molar-refractivity contribution in [3.63, 3.8) is 0 Å². The molecule has 0 aliphatic heterocycles. The molecule has 17 heavy (non-hydrogen) atoms. The standard InChI is InChI=1S/C14H19N3/c1-3-13-16-11-8-10(15)4-5-12(11)17(13)9-14(2)6-7-14/h4-5,8H,3,6-7,9,15H2,1-2H3. The summed E-state index contributed by atoms with van der Waals surface area (Å²) in [7, 11) is 0. The molecule has 3 nitrogen and oxygen atoms in total. The number of nitrogen functional groups attached to an aromatic ring is 1. The molecule has 1 aliphatic carbocycles. The number of aromatic nitrogens is 2. The highest BCUT2D eigenvalue weighted by Crippen LogP contribution is 2.47. The van der Waals surface area contributed by atoms with E-state index in [-0.39, 0.29) is 0 Å². The number of hydrogen-bond acceptors (Lipinski definition) is 2. The van der Waals surface area contributed by atoms with Crippen molar-refractivity contribution in [1.82, 2.24) is 9.55 Å². The summed E-state index contributed by atoms with van der Waals surface area (Å²) < 4.78 is 2.38. The smallest absolute Gasteiger partial charge is 0.109 e. The van der Waals surface area contributed by atoms with Gasteiger partial charge in [0.15, 0.2) is 0 Å². The van der Waals surface area contributed by atoms with Gasteiger partial charge >= 0.3 is 0 Å². The lowest BCUT2D eigenvalue weighted by Gasteiger charge is -2.13. The zero-order valence-electron chi connectivity index (χ0n) is 10.5. The van der Waals surface area contributed by atoms with Gasteiger partial charge in [0, 0.05) is 18.7 Å². The molecule has 1 heterocycles. The van der Waals surface area contributed by atoms with Crippen LogP contribution in [0.25, 0.3) is 11.0 Å². The molecule has 0 amide bonds. The molecule has 1 saturated carbocycles. The van der Waals surface area contributed by atoms with Crippen LogP contribution in [0.1, 0.15) is 32.5 Å². The fraction of sp³-hybridized carbons (Fsp3) is 0.500. The zero-order chi connectivity index (χ0) is 12.0. The zero-order valence-corrected chi connectivity index (χ0v) is 10.5. The van der Waals surface area contributed by atoms with Crippen LogP contribution < -0.4 is 5.73 Å². The van der Waals surface area contributed by atoms with E-state index in [4.69, 9.17) is 5.73 Å². The minimum absolute atomic E-state index is 0.499. The van der Waals surface area contributed by atoms with Gasteiger partial charge in [-0.05, 0) is 36.5 Å². The van der Waals surface area contributed by atoms with E-state index in [1.165, 1.54) is 24.2 Å². The van der Waals surface area contributed by atoms with Crippen LogP contribution in [0, 0.1) is 5.41 Å². The van der Waals surface area contributed by atoms with Crippen LogP contribution in [0.4, 0.5) is 5.69 Å². The van der Waals surface area contributed by atoms with Crippen molar-refractivity contribution in [2.45, 2.75) is 39.7 Å². The first kappa shape index (κ1) is 10.6. The second-order valence-electron chi connectivity index (χ2n) is 5.53. The van der Waals surface area contributed by atoms with Crippen molar-refractivity contribution in [3.05, 3.63) is 24.0 Å². The minimum atomic E-state index is 0.499. The van der Waals surface area contributed by atoms with E-state index >= 15 is 0 Å². The Labute approximate surface area is 102 Å². The van der Waals surface area contributed by atoms with Crippen molar-refractivity contribution in [2.75, 3.05) is 5.73 Å². The van der Waals surface area contributed by atoms with Gasteiger partial charge in [-0.2, -0.15) is 0 Å². The number of anilines is 1. The highest BCUT2D eigenvalue weighted by Gasteiger charge is 2.38. The van der Waals surface area contributed by atoms with Crippen LogP contribution >= 0.6 is 0 Å². The molecule has 2 aromatic rings. The summed E-state index contributed by atoms with van der Waals surface area (Å²) >= 11 is 0. The fourth-order valence-electron chi connectivity index (χ4n) is 2.40. The number of rotatable bonds is 3. The molecule has 3 heteroatoms. The van der Waals surface area contributed by atoms with Crippen LogP contribution in [0.5, 0.6) is 0 Å². The molecule has 0 radical (unpaired) electrons. The molecule has 1 aromatic carbocycles. The quantitative estimate of drug-likeness (QED) is 0.822. The van der Waals surface area contributed by atoms with Gasteiger partial charge in [-0.3, -0.25) is 0 Å². The third kappa shape index (κ3) is 1.79. The van der Waals surface area contributed by atoms with E-state index in [1.54, 1.807) is 0 Å². The van der Waals surface area contributed by atoms with Crippen molar-refractivity contribution >= 4 is 16.7 Å². The Bertz CT molecular complexity index is 564. The summed E-state index contributed by atoms with van der Waals surface area (Å²) in [5, 5.41) is 0. The predicted octanol–water partition coefficient (Wildman–Crippen LogP) is 2.98. The van der Waals surface area contributed by atoms with Gasteiger partial charge in [0.2, 0.25) is 0 Å². The predicted molar refractivity (Wildman–Crippen MR) is 70.9 cm³/mol.